The van der Waals surface area contributed by atoms with Crippen molar-refractivity contribution >= 4 is 5.82 Å². The van der Waals surface area contributed by atoms with Crippen molar-refractivity contribution in [3.63, 3.8) is 0 Å². The third-order valence-electron chi connectivity index (χ3n) is 2.26. The van der Waals surface area contributed by atoms with Gasteiger partial charge in [0.1, 0.15) is 5.82 Å². The molecule has 0 radical (unpaired) electrons. The highest BCUT2D eigenvalue weighted by molar-refractivity contribution is 5.40. The molecule has 84 valence electrons. The number of nitrogens with zero attached hydrogens (tertiary/aromatic N) is 1. The van der Waals surface area contributed by atoms with Gasteiger partial charge in [0.05, 0.1) is 6.04 Å². The van der Waals surface area contributed by atoms with Crippen LogP contribution in [0, 0.1) is 5.41 Å². The Morgan fingerprint density at radius 1 is 1.47 bits per heavy atom. The lowest BCUT2D eigenvalue weighted by atomic mass is 9.86. The minimum atomic E-state index is 0.0544. The first-order chi connectivity index (χ1) is 6.94. The number of anilines is 1. The summed E-state index contributed by atoms with van der Waals surface area (Å²) in [5.74, 6) is 6.09. The van der Waals surface area contributed by atoms with Crippen molar-refractivity contribution in [1.82, 2.24) is 10.4 Å². The quantitative estimate of drug-likeness (QED) is 0.521. The predicted octanol–water partition coefficient (Wildman–Crippen LogP) is 1.60. The maximum atomic E-state index is 5.81. The summed E-state index contributed by atoms with van der Waals surface area (Å²) in [6.07, 6.45) is 2.60. The van der Waals surface area contributed by atoms with Crippen LogP contribution in [0.5, 0.6) is 0 Å². The van der Waals surface area contributed by atoms with Gasteiger partial charge in [-0.3, -0.25) is 11.3 Å². The van der Waals surface area contributed by atoms with E-state index >= 15 is 0 Å². The third kappa shape index (κ3) is 3.49. The van der Waals surface area contributed by atoms with Gasteiger partial charge in [0.25, 0.3) is 0 Å². The fraction of sp³-hybridized carbons (Fsp3) is 0.545. The summed E-state index contributed by atoms with van der Waals surface area (Å²) in [7, 11) is 0. The van der Waals surface area contributed by atoms with Crippen LogP contribution in [0.3, 0.4) is 0 Å². The summed E-state index contributed by atoms with van der Waals surface area (Å²) in [5, 5.41) is 0. The van der Waals surface area contributed by atoms with Crippen molar-refractivity contribution in [2.24, 2.45) is 11.3 Å². The van der Waals surface area contributed by atoms with Crippen LogP contribution in [0.25, 0.3) is 0 Å². The second-order valence-corrected chi connectivity index (χ2v) is 4.96. The van der Waals surface area contributed by atoms with Crippen LogP contribution in [-0.2, 0) is 0 Å². The van der Waals surface area contributed by atoms with Gasteiger partial charge in [-0.2, -0.15) is 0 Å². The zero-order valence-corrected chi connectivity index (χ0v) is 9.62. The van der Waals surface area contributed by atoms with Crippen molar-refractivity contribution in [3.8, 4) is 0 Å². The Bertz CT molecular complexity index is 317. The number of pyridine rings is 1. The van der Waals surface area contributed by atoms with E-state index in [4.69, 9.17) is 11.6 Å². The normalized spacial score (nSPS) is 13.9. The molecule has 0 aromatic carbocycles. The average Bonchev–Trinajstić information content (AvgIpc) is 2.14. The summed E-state index contributed by atoms with van der Waals surface area (Å²) in [4.78, 5) is 4.06. The van der Waals surface area contributed by atoms with Gasteiger partial charge in [-0.15, -0.1) is 0 Å². The molecule has 0 saturated carbocycles. The largest absolute Gasteiger partial charge is 0.383 e. The second-order valence-electron chi connectivity index (χ2n) is 4.96. The standard InChI is InChI=1S/C11H20N4/c1-11(2,3)7-9(15-13)8-5-4-6-14-10(8)12/h4-6,9,15H,7,13H2,1-3H3,(H2,12,14). The van der Waals surface area contributed by atoms with Crippen LogP contribution >= 0.6 is 0 Å². The zero-order valence-electron chi connectivity index (χ0n) is 9.62. The highest BCUT2D eigenvalue weighted by Gasteiger charge is 2.20. The van der Waals surface area contributed by atoms with Crippen molar-refractivity contribution in [1.29, 1.82) is 0 Å². The minimum Gasteiger partial charge on any atom is -0.383 e. The van der Waals surface area contributed by atoms with E-state index in [2.05, 4.69) is 31.2 Å². The van der Waals surface area contributed by atoms with Gasteiger partial charge >= 0.3 is 0 Å². The Labute approximate surface area is 91.0 Å². The Morgan fingerprint density at radius 3 is 2.60 bits per heavy atom. The molecule has 1 aromatic heterocycles. The molecular formula is C11H20N4. The topological polar surface area (TPSA) is 77.0 Å². The van der Waals surface area contributed by atoms with Gasteiger partial charge in [-0.1, -0.05) is 26.8 Å². The summed E-state index contributed by atoms with van der Waals surface area (Å²) in [6.45, 7) is 6.51. The van der Waals surface area contributed by atoms with Crippen LogP contribution in [-0.4, -0.2) is 4.98 Å². The molecule has 0 amide bonds. The molecule has 0 fully saturated rings. The number of rotatable bonds is 3. The maximum absolute atomic E-state index is 5.81. The second kappa shape index (κ2) is 4.59. The molecule has 15 heavy (non-hydrogen) atoms. The van der Waals surface area contributed by atoms with E-state index in [1.165, 1.54) is 0 Å². The number of hydrogen-bond acceptors (Lipinski definition) is 4. The van der Waals surface area contributed by atoms with E-state index in [9.17, 15) is 0 Å². The molecule has 0 saturated heterocycles. The van der Waals surface area contributed by atoms with Gasteiger partial charge in [0, 0.05) is 11.8 Å². The minimum absolute atomic E-state index is 0.0544. The fourth-order valence-corrected chi connectivity index (χ4v) is 1.60. The molecule has 0 aliphatic heterocycles. The predicted molar refractivity (Wildman–Crippen MR) is 62.8 cm³/mol. The molecule has 0 aliphatic carbocycles. The number of hydrogen-bond donors (Lipinski definition) is 3. The SMILES string of the molecule is CC(C)(C)CC(NN)c1cccnc1N. The summed E-state index contributed by atoms with van der Waals surface area (Å²) in [6, 6.07) is 3.88. The monoisotopic (exact) mass is 208 g/mol. The van der Waals surface area contributed by atoms with E-state index < -0.39 is 0 Å². The Balaban J connectivity index is 2.88. The van der Waals surface area contributed by atoms with Crippen LogP contribution < -0.4 is 17.0 Å². The highest BCUT2D eigenvalue weighted by Crippen LogP contribution is 2.30. The lowest BCUT2D eigenvalue weighted by Crippen LogP contribution is -2.31. The van der Waals surface area contributed by atoms with Gasteiger partial charge in [-0.05, 0) is 17.9 Å². The molecule has 1 rings (SSSR count). The molecule has 1 heterocycles. The molecule has 1 atom stereocenters. The number of hydrazine groups is 1. The molecule has 0 bridgehead atoms. The van der Waals surface area contributed by atoms with E-state index in [0.29, 0.717) is 5.82 Å². The van der Waals surface area contributed by atoms with Crippen LogP contribution in [0.4, 0.5) is 5.82 Å². The number of nitrogens with two attached hydrogens (primary N) is 2. The smallest absolute Gasteiger partial charge is 0.128 e. The lowest BCUT2D eigenvalue weighted by Gasteiger charge is -2.26. The van der Waals surface area contributed by atoms with E-state index in [-0.39, 0.29) is 11.5 Å². The Kier molecular flexibility index (Phi) is 3.66. The lowest BCUT2D eigenvalue weighted by molar-refractivity contribution is 0.313. The fourth-order valence-electron chi connectivity index (χ4n) is 1.60. The first-order valence-electron chi connectivity index (χ1n) is 5.10. The number of nitrogens with one attached hydrogen (secondary N) is 1. The van der Waals surface area contributed by atoms with Gasteiger partial charge in [0.15, 0.2) is 0 Å². The van der Waals surface area contributed by atoms with Crippen LogP contribution in [0.2, 0.25) is 0 Å². The summed E-state index contributed by atoms with van der Waals surface area (Å²) >= 11 is 0. The van der Waals surface area contributed by atoms with Crippen molar-refractivity contribution in [3.05, 3.63) is 23.9 Å². The highest BCUT2D eigenvalue weighted by atomic mass is 15.2. The molecule has 0 spiro atoms. The molecular weight excluding hydrogens is 188 g/mol. The molecule has 4 heteroatoms. The van der Waals surface area contributed by atoms with Gasteiger partial charge in [0.2, 0.25) is 0 Å². The summed E-state index contributed by atoms with van der Waals surface area (Å²) in [5.41, 5.74) is 9.77. The van der Waals surface area contributed by atoms with Crippen molar-refractivity contribution in [2.45, 2.75) is 33.2 Å². The molecule has 1 unspecified atom stereocenters. The molecule has 0 aliphatic rings. The van der Waals surface area contributed by atoms with E-state index in [1.54, 1.807) is 6.20 Å². The van der Waals surface area contributed by atoms with Crippen LogP contribution in [0.1, 0.15) is 38.8 Å². The first-order valence-corrected chi connectivity index (χ1v) is 5.10. The Morgan fingerprint density at radius 2 is 2.13 bits per heavy atom. The average molecular weight is 208 g/mol. The van der Waals surface area contributed by atoms with Crippen molar-refractivity contribution in [2.75, 3.05) is 5.73 Å². The number of nitrogen functional groups attached to an aromatic ring is 1. The molecule has 1 aromatic rings. The zero-order chi connectivity index (χ0) is 11.5. The van der Waals surface area contributed by atoms with E-state index in [0.717, 1.165) is 12.0 Å². The molecule has 5 N–H and O–H groups in total. The van der Waals surface area contributed by atoms with E-state index in [1.807, 2.05) is 12.1 Å². The van der Waals surface area contributed by atoms with Gasteiger partial charge < -0.3 is 5.73 Å². The first kappa shape index (κ1) is 11.9. The Hall–Kier alpha value is -1.13. The molecule has 4 nitrogen and oxygen atoms in total. The van der Waals surface area contributed by atoms with Crippen LogP contribution in [0.15, 0.2) is 18.3 Å². The third-order valence-corrected chi connectivity index (χ3v) is 2.26. The maximum Gasteiger partial charge on any atom is 0.128 e. The van der Waals surface area contributed by atoms with Gasteiger partial charge in [-0.25, -0.2) is 4.98 Å². The summed E-state index contributed by atoms with van der Waals surface area (Å²) < 4.78 is 0. The van der Waals surface area contributed by atoms with Crippen molar-refractivity contribution < 1.29 is 0 Å². The number of aromatic nitrogens is 1.